The summed E-state index contributed by atoms with van der Waals surface area (Å²) in [6.07, 6.45) is 9.14. The number of nitriles is 1. The van der Waals surface area contributed by atoms with Crippen molar-refractivity contribution in [2.24, 2.45) is 5.92 Å². The van der Waals surface area contributed by atoms with Crippen LogP contribution in [0.5, 0.6) is 0 Å². The summed E-state index contributed by atoms with van der Waals surface area (Å²) in [6, 6.07) is 1.39. The number of hydrogen-bond donors (Lipinski definition) is 0. The average molecular weight is 259 g/mol. The second-order valence-electron chi connectivity index (χ2n) is 5.61. The average Bonchev–Trinajstić information content (AvgIpc) is 2.55. The molecule has 19 heavy (non-hydrogen) atoms. The molecular formula is C18H25N. The van der Waals surface area contributed by atoms with E-state index in [0.29, 0.717) is 5.56 Å². The summed E-state index contributed by atoms with van der Waals surface area (Å²) in [5.74, 6) is 0.837. The van der Waals surface area contributed by atoms with Crippen molar-refractivity contribution in [3.8, 4) is 6.07 Å². The Labute approximate surface area is 123 Å². The Morgan fingerprint density at radius 1 is 1.16 bits per heavy atom. The van der Waals surface area contributed by atoms with E-state index in [1.807, 2.05) is 0 Å². The van der Waals surface area contributed by atoms with Crippen molar-refractivity contribution in [2.75, 3.05) is 0 Å². The lowest BCUT2D eigenvalue weighted by molar-refractivity contribution is 0.303. The van der Waals surface area contributed by atoms with E-state index >= 15 is 0 Å². The number of hydrogen-bond acceptors (Lipinski definition) is 1. The number of unbranched alkanes of at least 4 members (excludes halogenated alkanes) is 2. The Kier molecular flexibility index (Phi) is 3.70. The molecule has 0 unspecified atom stereocenters. The second kappa shape index (κ2) is 7.34. The quantitative estimate of drug-likeness (QED) is 0.648. The third-order valence-corrected chi connectivity index (χ3v) is 4.23. The molecule has 1 aliphatic carbocycles. The van der Waals surface area contributed by atoms with E-state index in [0.717, 1.165) is 31.6 Å². The standard InChI is InChI=1S/C18H25N/c1-2-3-4-5-15-6-10-17(11-7-15)18-12-8-16(14-19)9-13-18/h8-9,12-13,15,17H,2-7,10-11H2,1H3/i8D,9D,12D,13D. The largest absolute Gasteiger partial charge is 0.192 e. The molecule has 1 heteroatoms. The minimum atomic E-state index is -0.187. The van der Waals surface area contributed by atoms with Gasteiger partial charge >= 0.3 is 0 Å². The van der Waals surface area contributed by atoms with Crippen LogP contribution in [0, 0.1) is 17.2 Å². The zero-order valence-electron chi connectivity index (χ0n) is 15.8. The Morgan fingerprint density at radius 2 is 1.84 bits per heavy atom. The van der Waals surface area contributed by atoms with Gasteiger partial charge in [-0.15, -0.1) is 0 Å². The van der Waals surface area contributed by atoms with Gasteiger partial charge in [-0.05, 0) is 55.2 Å². The van der Waals surface area contributed by atoms with Crippen LogP contribution < -0.4 is 0 Å². The van der Waals surface area contributed by atoms with Crippen LogP contribution in [0.4, 0.5) is 0 Å². The first-order valence-corrected chi connectivity index (χ1v) is 7.51. The van der Waals surface area contributed by atoms with Crippen molar-refractivity contribution in [2.45, 2.75) is 64.2 Å². The van der Waals surface area contributed by atoms with Gasteiger partial charge in [0.05, 0.1) is 17.1 Å². The summed E-state index contributed by atoms with van der Waals surface area (Å²) < 4.78 is 32.2. The topological polar surface area (TPSA) is 23.8 Å². The summed E-state index contributed by atoms with van der Waals surface area (Å²) in [7, 11) is 0. The molecule has 1 saturated carbocycles. The summed E-state index contributed by atoms with van der Waals surface area (Å²) in [6.45, 7) is 2.21. The summed E-state index contributed by atoms with van der Waals surface area (Å²) >= 11 is 0. The summed E-state index contributed by atoms with van der Waals surface area (Å²) in [4.78, 5) is 0. The highest BCUT2D eigenvalue weighted by atomic mass is 14.3. The number of rotatable bonds is 5. The van der Waals surface area contributed by atoms with E-state index < -0.39 is 0 Å². The molecule has 0 atom stereocenters. The number of benzene rings is 1. The maximum Gasteiger partial charge on any atom is 0.0991 e. The molecule has 1 aromatic carbocycles. The Hall–Kier alpha value is -1.29. The van der Waals surface area contributed by atoms with E-state index in [1.165, 1.54) is 25.7 Å². The summed E-state index contributed by atoms with van der Waals surface area (Å²) in [5.41, 5.74) is 0.378. The maximum absolute atomic E-state index is 9.03. The van der Waals surface area contributed by atoms with Crippen LogP contribution in [0.2, 0.25) is 0 Å². The maximum atomic E-state index is 9.03. The third kappa shape index (κ3) is 4.10. The van der Waals surface area contributed by atoms with Crippen molar-refractivity contribution in [3.05, 3.63) is 35.3 Å². The van der Waals surface area contributed by atoms with Gasteiger partial charge in [-0.25, -0.2) is 0 Å². The van der Waals surface area contributed by atoms with Crippen molar-refractivity contribution < 1.29 is 5.48 Å². The monoisotopic (exact) mass is 259 g/mol. The van der Waals surface area contributed by atoms with Crippen LogP contribution >= 0.6 is 0 Å². The van der Waals surface area contributed by atoms with E-state index in [4.69, 9.17) is 10.7 Å². The molecule has 0 heterocycles. The fourth-order valence-electron chi connectivity index (χ4n) is 3.01. The second-order valence-corrected chi connectivity index (χ2v) is 5.61. The highest BCUT2D eigenvalue weighted by Gasteiger charge is 2.21. The Bertz CT molecular complexity index is 569. The van der Waals surface area contributed by atoms with E-state index in [-0.39, 0.29) is 35.7 Å². The lowest BCUT2D eigenvalue weighted by Gasteiger charge is -2.28. The van der Waals surface area contributed by atoms with Gasteiger partial charge in [0.1, 0.15) is 0 Å². The molecule has 0 amide bonds. The van der Waals surface area contributed by atoms with Gasteiger partial charge in [0.25, 0.3) is 0 Å². The molecule has 0 aliphatic heterocycles. The molecular weight excluding hydrogens is 230 g/mol. The van der Waals surface area contributed by atoms with Crippen LogP contribution in [0.15, 0.2) is 24.2 Å². The predicted octanol–water partition coefficient (Wildman–Crippen LogP) is 5.41. The first-order chi connectivity index (χ1) is 11.0. The summed E-state index contributed by atoms with van der Waals surface area (Å²) in [5, 5.41) is 9.03. The van der Waals surface area contributed by atoms with Crippen molar-refractivity contribution in [1.29, 1.82) is 5.26 Å². The van der Waals surface area contributed by atoms with Gasteiger partial charge < -0.3 is 0 Å². The van der Waals surface area contributed by atoms with E-state index in [1.54, 1.807) is 6.07 Å². The van der Waals surface area contributed by atoms with Crippen molar-refractivity contribution in [1.82, 2.24) is 0 Å². The lowest BCUT2D eigenvalue weighted by atomic mass is 9.77. The normalized spacial score (nSPS) is 25.9. The first-order valence-electron chi connectivity index (χ1n) is 9.51. The minimum Gasteiger partial charge on any atom is -0.192 e. The van der Waals surface area contributed by atoms with Crippen molar-refractivity contribution in [3.63, 3.8) is 0 Å². The molecule has 0 N–H and O–H groups in total. The number of nitrogens with zero attached hydrogens (tertiary/aromatic N) is 1. The fourth-order valence-corrected chi connectivity index (χ4v) is 3.01. The minimum absolute atomic E-state index is 0.0167. The van der Waals surface area contributed by atoms with Crippen LogP contribution in [-0.2, 0) is 0 Å². The molecule has 0 spiro atoms. The molecule has 1 aliphatic rings. The smallest absolute Gasteiger partial charge is 0.0991 e. The van der Waals surface area contributed by atoms with Crippen LogP contribution in [0.1, 0.15) is 80.8 Å². The zero-order valence-corrected chi connectivity index (χ0v) is 11.8. The van der Waals surface area contributed by atoms with Crippen molar-refractivity contribution >= 4 is 0 Å². The highest BCUT2D eigenvalue weighted by molar-refractivity contribution is 5.33. The first kappa shape index (κ1) is 9.59. The molecule has 1 nitrogen and oxygen atoms in total. The lowest BCUT2D eigenvalue weighted by Crippen LogP contribution is -2.13. The van der Waals surface area contributed by atoms with Gasteiger partial charge in [0.15, 0.2) is 0 Å². The molecule has 0 aromatic heterocycles. The molecule has 102 valence electrons. The Balaban J connectivity index is 2.14. The van der Waals surface area contributed by atoms with Crippen LogP contribution in [0.3, 0.4) is 0 Å². The SMILES string of the molecule is [2H]c1c([2H])c(C2CCC(CCCCC)CC2)c([2H])c([2H])c1C#N. The molecule has 2 rings (SSSR count). The van der Waals surface area contributed by atoms with Gasteiger partial charge in [-0.2, -0.15) is 5.26 Å². The van der Waals surface area contributed by atoms with Gasteiger partial charge in [0, 0.05) is 0 Å². The van der Waals surface area contributed by atoms with Gasteiger partial charge in [0.2, 0.25) is 0 Å². The molecule has 0 bridgehead atoms. The van der Waals surface area contributed by atoms with Gasteiger partial charge in [-0.1, -0.05) is 44.7 Å². The van der Waals surface area contributed by atoms with E-state index in [2.05, 4.69) is 6.92 Å². The zero-order chi connectivity index (χ0) is 17.0. The van der Waals surface area contributed by atoms with Gasteiger partial charge in [-0.3, -0.25) is 0 Å². The molecule has 1 aromatic rings. The fraction of sp³-hybridized carbons (Fsp3) is 0.611. The molecule has 0 saturated heterocycles. The molecule has 0 radical (unpaired) electrons. The predicted molar refractivity (Wildman–Crippen MR) is 80.0 cm³/mol. The van der Waals surface area contributed by atoms with Crippen LogP contribution in [0.25, 0.3) is 0 Å². The Morgan fingerprint density at radius 3 is 2.42 bits per heavy atom. The third-order valence-electron chi connectivity index (χ3n) is 4.23. The molecule has 1 fully saturated rings. The van der Waals surface area contributed by atoms with E-state index in [9.17, 15) is 0 Å². The van der Waals surface area contributed by atoms with Crippen LogP contribution in [-0.4, -0.2) is 0 Å². The highest BCUT2D eigenvalue weighted by Crippen LogP contribution is 2.37.